The van der Waals surface area contributed by atoms with Crippen molar-refractivity contribution in [2.45, 2.75) is 12.3 Å². The number of esters is 1. The van der Waals surface area contributed by atoms with Crippen LogP contribution in [0.15, 0.2) is 75.9 Å². The van der Waals surface area contributed by atoms with Crippen LogP contribution in [0.1, 0.15) is 23.5 Å². The number of benzene rings is 3. The number of carbonyl (C=O) groups excluding carboxylic acids is 1. The minimum absolute atomic E-state index is 0.104. The molecule has 1 aliphatic heterocycles. The molecule has 0 fully saturated rings. The first kappa shape index (κ1) is 17.0. The van der Waals surface area contributed by atoms with Crippen LogP contribution in [0.5, 0.6) is 5.75 Å². The predicted molar refractivity (Wildman–Crippen MR) is 115 cm³/mol. The molecule has 5 nitrogen and oxygen atoms in total. The van der Waals surface area contributed by atoms with Crippen molar-refractivity contribution in [2.24, 2.45) is 7.05 Å². The summed E-state index contributed by atoms with van der Waals surface area (Å²) in [5.74, 6) is -0.437. The topological polar surface area (TPSA) is 61.4 Å². The normalized spacial score (nSPS) is 16.2. The van der Waals surface area contributed by atoms with Crippen molar-refractivity contribution in [2.75, 3.05) is 0 Å². The van der Waals surface area contributed by atoms with Gasteiger partial charge in [-0.15, -0.1) is 0 Å². The van der Waals surface area contributed by atoms with Gasteiger partial charge in [-0.05, 0) is 35.9 Å². The summed E-state index contributed by atoms with van der Waals surface area (Å²) < 4.78 is 13.2. The average Bonchev–Trinajstić information content (AvgIpc) is 3.05. The Bertz CT molecular complexity index is 1560. The third-order valence-electron chi connectivity index (χ3n) is 6.07. The van der Waals surface area contributed by atoms with E-state index in [9.17, 15) is 9.59 Å². The van der Waals surface area contributed by atoms with E-state index in [1.165, 1.54) is 0 Å². The molecule has 0 spiro atoms. The molecule has 5 aromatic rings. The van der Waals surface area contributed by atoms with Gasteiger partial charge in [0, 0.05) is 34.8 Å². The average molecular weight is 395 g/mol. The maximum absolute atomic E-state index is 12.9. The molecule has 0 saturated heterocycles. The fraction of sp³-hybridized carbons (Fsp3) is 0.120. The zero-order valence-corrected chi connectivity index (χ0v) is 16.2. The monoisotopic (exact) mass is 395 g/mol. The van der Waals surface area contributed by atoms with Gasteiger partial charge in [0.1, 0.15) is 5.58 Å². The number of hydrogen-bond acceptors (Lipinski definition) is 4. The van der Waals surface area contributed by atoms with Crippen molar-refractivity contribution < 1.29 is 13.9 Å². The summed E-state index contributed by atoms with van der Waals surface area (Å²) >= 11 is 0. The predicted octanol–water partition coefficient (Wildman–Crippen LogP) is 4.88. The zero-order chi connectivity index (χ0) is 20.4. The van der Waals surface area contributed by atoms with Gasteiger partial charge in [0.2, 0.25) is 0 Å². The number of para-hydroxylation sites is 2. The first-order valence-corrected chi connectivity index (χ1v) is 9.85. The Balaban J connectivity index is 1.63. The number of fused-ring (bicyclic) bond motifs is 6. The summed E-state index contributed by atoms with van der Waals surface area (Å²) in [4.78, 5) is 25.4. The second-order valence-corrected chi connectivity index (χ2v) is 7.71. The van der Waals surface area contributed by atoms with E-state index in [-0.39, 0.29) is 12.4 Å². The minimum atomic E-state index is -0.459. The molecule has 3 aromatic carbocycles. The Labute approximate surface area is 171 Å². The highest BCUT2D eigenvalue weighted by Gasteiger charge is 2.34. The molecule has 1 atom stereocenters. The van der Waals surface area contributed by atoms with Gasteiger partial charge in [0.05, 0.1) is 17.4 Å². The quantitative estimate of drug-likeness (QED) is 0.300. The van der Waals surface area contributed by atoms with E-state index in [1.807, 2.05) is 37.4 Å². The molecule has 3 heterocycles. The number of carbonyl (C=O) groups is 1. The number of hydrogen-bond donors (Lipinski definition) is 0. The van der Waals surface area contributed by atoms with Gasteiger partial charge in [-0.25, -0.2) is 4.79 Å². The first-order chi connectivity index (χ1) is 14.6. The van der Waals surface area contributed by atoms with Gasteiger partial charge < -0.3 is 13.7 Å². The lowest BCUT2D eigenvalue weighted by Crippen LogP contribution is -2.26. The van der Waals surface area contributed by atoms with Crippen LogP contribution in [0.4, 0.5) is 0 Å². The van der Waals surface area contributed by atoms with Crippen molar-refractivity contribution in [1.82, 2.24) is 4.57 Å². The highest BCUT2D eigenvalue weighted by molar-refractivity contribution is 6.08. The van der Waals surface area contributed by atoms with Crippen LogP contribution in [0.3, 0.4) is 0 Å². The summed E-state index contributed by atoms with van der Waals surface area (Å²) in [5.41, 5.74) is 3.51. The Morgan fingerprint density at radius 3 is 2.47 bits per heavy atom. The van der Waals surface area contributed by atoms with Gasteiger partial charge in [-0.1, -0.05) is 36.4 Å². The zero-order valence-electron chi connectivity index (χ0n) is 16.2. The van der Waals surface area contributed by atoms with Gasteiger partial charge in [-0.2, -0.15) is 0 Å². The fourth-order valence-electron chi connectivity index (χ4n) is 4.66. The molecule has 0 amide bonds. The number of ether oxygens (including phenoxy) is 1. The maximum atomic E-state index is 12.9. The van der Waals surface area contributed by atoms with Crippen LogP contribution in [-0.2, 0) is 11.8 Å². The molecule has 0 saturated carbocycles. The summed E-state index contributed by atoms with van der Waals surface area (Å²) in [6.07, 6.45) is 0.104. The molecule has 0 aliphatic carbocycles. The third kappa shape index (κ3) is 2.29. The number of nitrogens with zero attached hydrogens (tertiary/aromatic N) is 1. The molecular weight excluding hydrogens is 378 g/mol. The van der Waals surface area contributed by atoms with E-state index in [4.69, 9.17) is 9.15 Å². The van der Waals surface area contributed by atoms with Crippen molar-refractivity contribution in [3.8, 4) is 5.75 Å². The van der Waals surface area contributed by atoms with Crippen LogP contribution in [0.2, 0.25) is 0 Å². The van der Waals surface area contributed by atoms with Gasteiger partial charge in [0.25, 0.3) is 0 Å². The summed E-state index contributed by atoms with van der Waals surface area (Å²) in [7, 11) is 2.04. The first-order valence-electron chi connectivity index (χ1n) is 9.85. The maximum Gasteiger partial charge on any atom is 0.343 e. The smallest absolute Gasteiger partial charge is 0.343 e. The van der Waals surface area contributed by atoms with Gasteiger partial charge in [0.15, 0.2) is 5.75 Å². The standard InChI is InChI=1S/C25H17NO4/c1-26-19-8-4-2-6-15(19)18-12-14(10-11-20(18)26)17-13-22(27)30-24-16-7-3-5-9-21(16)29-25(28)23(17)24/h2-12,17H,13H2,1H3/t17-/m1/s1. The van der Waals surface area contributed by atoms with E-state index in [2.05, 4.69) is 22.8 Å². The lowest BCUT2D eigenvalue weighted by atomic mass is 9.86. The largest absolute Gasteiger partial charge is 0.425 e. The highest BCUT2D eigenvalue weighted by atomic mass is 16.5. The van der Waals surface area contributed by atoms with Crippen molar-refractivity contribution in [1.29, 1.82) is 0 Å². The molecule has 0 radical (unpaired) electrons. The molecular formula is C25H17NO4. The number of aromatic nitrogens is 1. The molecule has 146 valence electrons. The number of rotatable bonds is 1. The van der Waals surface area contributed by atoms with Gasteiger partial charge in [-0.3, -0.25) is 4.79 Å². The molecule has 0 N–H and O–H groups in total. The van der Waals surface area contributed by atoms with Crippen LogP contribution in [0, 0.1) is 0 Å². The van der Waals surface area contributed by atoms with E-state index < -0.39 is 11.5 Å². The molecule has 1 aliphatic rings. The summed E-state index contributed by atoms with van der Waals surface area (Å²) in [6, 6.07) is 21.5. The van der Waals surface area contributed by atoms with Crippen molar-refractivity contribution in [3.05, 3.63) is 88.3 Å². The van der Waals surface area contributed by atoms with E-state index >= 15 is 0 Å². The van der Waals surface area contributed by atoms with E-state index in [0.717, 1.165) is 27.4 Å². The van der Waals surface area contributed by atoms with Gasteiger partial charge >= 0.3 is 11.6 Å². The molecule has 6 rings (SSSR count). The van der Waals surface area contributed by atoms with Crippen molar-refractivity contribution in [3.63, 3.8) is 0 Å². The molecule has 2 aromatic heterocycles. The van der Waals surface area contributed by atoms with Crippen LogP contribution in [-0.4, -0.2) is 10.5 Å². The second-order valence-electron chi connectivity index (χ2n) is 7.71. The molecule has 0 unspecified atom stereocenters. The van der Waals surface area contributed by atoms with Crippen LogP contribution < -0.4 is 10.4 Å². The Morgan fingerprint density at radius 2 is 1.60 bits per heavy atom. The lowest BCUT2D eigenvalue weighted by molar-refractivity contribution is -0.135. The minimum Gasteiger partial charge on any atom is -0.425 e. The Hall–Kier alpha value is -3.86. The SMILES string of the molecule is Cn1c2ccccc2c2cc([C@H]3CC(=O)Oc4c3c(=O)oc3ccccc43)ccc21. The Kier molecular flexibility index (Phi) is 3.45. The summed E-state index contributed by atoms with van der Waals surface area (Å²) in [6.45, 7) is 0. The van der Waals surface area contributed by atoms with Crippen LogP contribution >= 0.6 is 0 Å². The molecule has 30 heavy (non-hydrogen) atoms. The molecule has 5 heteroatoms. The Morgan fingerprint density at radius 1 is 0.867 bits per heavy atom. The van der Waals surface area contributed by atoms with E-state index in [1.54, 1.807) is 18.2 Å². The van der Waals surface area contributed by atoms with Crippen LogP contribution in [0.25, 0.3) is 32.8 Å². The second kappa shape index (κ2) is 6.07. The summed E-state index contributed by atoms with van der Waals surface area (Å²) in [5, 5.41) is 2.87. The highest BCUT2D eigenvalue weighted by Crippen LogP contribution is 2.42. The molecule has 0 bridgehead atoms. The number of aryl methyl sites for hydroxylation is 1. The fourth-order valence-corrected chi connectivity index (χ4v) is 4.66. The lowest BCUT2D eigenvalue weighted by Gasteiger charge is -2.24. The van der Waals surface area contributed by atoms with Crippen molar-refractivity contribution >= 4 is 38.7 Å². The third-order valence-corrected chi connectivity index (χ3v) is 6.07. The van der Waals surface area contributed by atoms with E-state index in [0.29, 0.717) is 22.3 Å².